The van der Waals surface area contributed by atoms with Crippen LogP contribution in [0.2, 0.25) is 0 Å². The summed E-state index contributed by atoms with van der Waals surface area (Å²) in [6, 6.07) is -1.44. The molecule has 0 aromatic carbocycles. The van der Waals surface area contributed by atoms with Crippen molar-refractivity contribution in [2.75, 3.05) is 20.1 Å². The molecular weight excluding hydrogens is 529 g/mol. The SMILES string of the molecule is C.C.COC(=N)N.N#[13C]CC[C@H](N)C(=O)O.[2H][13C]([2H])(CC[C@H](N)C(=O)O)N=C(N)N.[2H][13C]([2H])(N)CC[C@H](N)C(=O)O.[2H][B-]([2H])([2H])[2H].[Na+]. The zero-order valence-corrected chi connectivity index (χ0v) is 23.0. The van der Waals surface area contributed by atoms with E-state index in [-0.39, 0.29) is 94.9 Å². The minimum Gasteiger partial charge on any atom is -0.480 e. The van der Waals surface area contributed by atoms with Gasteiger partial charge in [0.1, 0.15) is 18.1 Å². The second-order valence-electron chi connectivity index (χ2n) is 6.08. The normalized spacial score (nSPS) is 14.3. The smallest absolute Gasteiger partial charge is 0.480 e. The Labute approximate surface area is 266 Å². The van der Waals surface area contributed by atoms with Crippen LogP contribution in [0.1, 0.15) is 58.9 Å². The number of hydrogen-bond acceptors (Lipinski definition) is 11. The van der Waals surface area contributed by atoms with Gasteiger partial charge in [-0.05, 0) is 38.6 Å². The number of amidine groups is 1. The van der Waals surface area contributed by atoms with Gasteiger partial charge in [-0.25, -0.2) is 5.34 Å². The first-order chi connectivity index (χ1) is 19.5. The van der Waals surface area contributed by atoms with Crippen LogP contribution in [0.3, 0.4) is 0 Å². The summed E-state index contributed by atoms with van der Waals surface area (Å²) in [6.07, 6.45) is 0.274. The maximum atomic E-state index is 10.3. The molecule has 18 N–H and O–H groups in total. The molecule has 0 bridgehead atoms. The zero-order chi connectivity index (χ0) is 36.5. The first-order valence-electron chi connectivity index (χ1n) is 13.9. The number of hydrogen-bond donors (Lipinski definition) is 11. The first kappa shape index (κ1) is 34.4. The number of ether oxygens (including phenoxy) is 1. The monoisotopic (exact) mass is 589 g/mol. The Balaban J connectivity index is -0.0000000697. The minimum absolute atomic E-state index is 0. The van der Waals surface area contributed by atoms with E-state index in [1.54, 1.807) is 0 Å². The van der Waals surface area contributed by atoms with Gasteiger partial charge in [0.2, 0.25) is 0 Å². The Morgan fingerprint density at radius 2 is 1.33 bits per heavy atom. The van der Waals surface area contributed by atoms with Gasteiger partial charge in [0, 0.05) is 15.7 Å². The number of guanidine groups is 1. The summed E-state index contributed by atoms with van der Waals surface area (Å²) in [5.41, 5.74) is 34.9. The average molecular weight is 590 g/mol. The molecule has 0 saturated heterocycles. The van der Waals surface area contributed by atoms with Crippen molar-refractivity contribution < 1.29 is 69.5 Å². The molecule has 0 aliphatic carbocycles. The molecular formula is C20H52BN10NaO7. The van der Waals surface area contributed by atoms with Crippen LogP contribution in [0.25, 0.3) is 0 Å². The van der Waals surface area contributed by atoms with E-state index < -0.39 is 57.3 Å². The van der Waals surface area contributed by atoms with Crippen LogP contribution in [-0.2, 0) is 19.1 Å². The Bertz CT molecular complexity index is 922. The number of nitriles is 1. The third-order valence-electron chi connectivity index (χ3n) is 3.11. The third kappa shape index (κ3) is 56.6. The molecule has 3 atom stereocenters. The van der Waals surface area contributed by atoms with E-state index in [9.17, 15) is 14.4 Å². The number of aliphatic carboxylic acids is 3. The van der Waals surface area contributed by atoms with Gasteiger partial charge in [-0.3, -0.25) is 24.8 Å². The van der Waals surface area contributed by atoms with Crippen molar-refractivity contribution in [1.82, 2.24) is 0 Å². The molecule has 0 rings (SSSR count). The molecule has 0 heterocycles. The molecule has 0 aliphatic rings. The van der Waals surface area contributed by atoms with E-state index in [2.05, 4.69) is 15.5 Å². The second-order valence-corrected chi connectivity index (χ2v) is 6.08. The number of aliphatic imine (C=N–C) groups is 1. The van der Waals surface area contributed by atoms with Crippen molar-refractivity contribution in [2.45, 2.75) is 71.5 Å². The van der Waals surface area contributed by atoms with Crippen molar-refractivity contribution in [1.29, 1.82) is 16.0 Å². The molecule has 0 amide bonds. The quantitative estimate of drug-likeness (QED) is 0.0436. The van der Waals surface area contributed by atoms with E-state index in [0.717, 1.165) is 0 Å². The molecule has 228 valence electrons. The number of carboxylic acids is 3. The Morgan fingerprint density at radius 1 is 1.00 bits per heavy atom. The molecule has 39 heavy (non-hydrogen) atoms. The van der Waals surface area contributed by atoms with E-state index in [1.807, 2.05) is 6.07 Å². The molecule has 0 aromatic rings. The third-order valence-corrected chi connectivity index (χ3v) is 3.11. The van der Waals surface area contributed by atoms with Gasteiger partial charge in [-0.15, -0.1) is 0 Å². The predicted molar refractivity (Wildman–Crippen MR) is 154 cm³/mol. The first-order valence-corrected chi connectivity index (χ1v) is 9.62. The van der Waals surface area contributed by atoms with Gasteiger partial charge >= 0.3 is 47.5 Å². The Kier molecular flexibility index (Phi) is 35.1. The van der Waals surface area contributed by atoms with E-state index >= 15 is 0 Å². The summed E-state index contributed by atoms with van der Waals surface area (Å²) >= 11 is 0. The largest absolute Gasteiger partial charge is 1.00 e. The summed E-state index contributed by atoms with van der Waals surface area (Å²) < 4.78 is 56.4. The van der Waals surface area contributed by atoms with Gasteiger partial charge in [0.15, 0.2) is 5.96 Å². The number of carbonyl (C=O) groups is 3. The van der Waals surface area contributed by atoms with E-state index in [1.165, 1.54) is 7.11 Å². The fourth-order valence-electron chi connectivity index (χ4n) is 1.20. The fourth-order valence-corrected chi connectivity index (χ4v) is 1.20. The summed E-state index contributed by atoms with van der Waals surface area (Å²) in [6.45, 7) is -3.79. The Hall–Kier alpha value is -2.66. The number of methoxy groups -OCH3 is 1. The summed E-state index contributed by atoms with van der Waals surface area (Å²) in [7, 11) is -1.65. The van der Waals surface area contributed by atoms with Crippen molar-refractivity contribution in [3.05, 3.63) is 0 Å². The molecule has 0 aliphatic heterocycles. The number of carboxylic acid groups (broad SMARTS) is 3. The summed E-state index contributed by atoms with van der Waals surface area (Å²) in [4.78, 5) is 33.7. The number of rotatable bonds is 12. The van der Waals surface area contributed by atoms with Crippen molar-refractivity contribution >= 4 is 38.2 Å². The van der Waals surface area contributed by atoms with Gasteiger partial charge in [-0.2, -0.15) is 5.26 Å². The van der Waals surface area contributed by atoms with Crippen molar-refractivity contribution in [3.63, 3.8) is 0 Å². The Morgan fingerprint density at radius 3 is 1.59 bits per heavy atom. The average Bonchev–Trinajstić information content (AvgIpc) is 2.82. The van der Waals surface area contributed by atoms with Crippen LogP contribution in [-0.4, -0.2) is 97.0 Å². The number of nitrogens with zero attached hydrogens (tertiary/aromatic N) is 2. The van der Waals surface area contributed by atoms with E-state index in [0.29, 0.717) is 0 Å². The standard InChI is InChI=1S/C6H14N4O2.C5H12N2O2.C5H8N2O2.C2H6N2O.2CH4.BH4.Na/c7-4(5(11)12)2-1-3-10-6(8)9;2*6-3-1-2-4(7)5(8)9;1-5-2(3)4;;;;/h4H,1-3,7H2,(H,11,12)(H4,8,9,10);4H,1-3,6-7H2,(H,8,9);4H,1-2,7H2,(H,8,9);1H3,(H3,3,4);3*1H4;/q;;;;;;-1;+1/t3*4-;;;;;/m000...../s1/i2*3+1D2;3+1;;;;1D4;. The van der Waals surface area contributed by atoms with Crippen LogP contribution >= 0.6 is 0 Å². The summed E-state index contributed by atoms with van der Waals surface area (Å²) in [5, 5.41) is 39.2. The predicted octanol–water partition coefficient (Wildman–Crippen LogP) is -6.36. The topological polar surface area (TPSA) is 363 Å². The molecule has 0 unspecified atom stereocenters. The molecule has 0 radical (unpaired) electrons. The van der Waals surface area contributed by atoms with Gasteiger partial charge in [0.05, 0.1) is 15.9 Å². The van der Waals surface area contributed by atoms with Crippen LogP contribution in [0.4, 0.5) is 0 Å². The van der Waals surface area contributed by atoms with Crippen molar-refractivity contribution in [3.8, 4) is 6.07 Å². The molecule has 0 aromatic heterocycles. The van der Waals surface area contributed by atoms with Crippen LogP contribution < -0.4 is 69.7 Å². The van der Waals surface area contributed by atoms with Crippen LogP contribution in [0.15, 0.2) is 4.99 Å². The molecule has 0 spiro atoms. The van der Waals surface area contributed by atoms with Crippen LogP contribution in [0.5, 0.6) is 0 Å². The molecule has 0 saturated carbocycles. The number of nitrogens with two attached hydrogens (primary N) is 7. The zero-order valence-electron chi connectivity index (χ0n) is 29.0. The van der Waals surface area contributed by atoms with Gasteiger partial charge < -0.3 is 60.2 Å². The fraction of sp³-hybridized carbons (Fsp3) is 0.700. The van der Waals surface area contributed by atoms with E-state index in [4.69, 9.17) is 71.2 Å². The van der Waals surface area contributed by atoms with Gasteiger partial charge in [0.25, 0.3) is 6.02 Å². The second kappa shape index (κ2) is 39.9. The summed E-state index contributed by atoms with van der Waals surface area (Å²) in [5.74, 6) is -3.73. The van der Waals surface area contributed by atoms with Crippen LogP contribution in [0, 0.1) is 16.7 Å². The van der Waals surface area contributed by atoms with Crippen molar-refractivity contribution in [2.24, 2.45) is 45.1 Å². The number of nitrogens with one attached hydrogen (secondary N) is 1. The minimum atomic E-state index is -3.00. The van der Waals surface area contributed by atoms with Gasteiger partial charge in [-0.1, -0.05) is 23.1 Å². The molecule has 0 fully saturated rings. The maximum Gasteiger partial charge on any atom is 1.00 e. The molecule has 19 heteroatoms. The maximum absolute atomic E-state index is 10.3. The molecule has 17 nitrogen and oxygen atoms in total.